The number of unbranched alkanes of at least 4 members (excludes halogenated alkanes) is 1. The van der Waals surface area contributed by atoms with Crippen molar-refractivity contribution >= 4 is 5.97 Å². The zero-order chi connectivity index (χ0) is 19.0. The fourth-order valence-corrected chi connectivity index (χ4v) is 6.08. The van der Waals surface area contributed by atoms with Gasteiger partial charge in [-0.15, -0.1) is 0 Å². The van der Waals surface area contributed by atoms with Gasteiger partial charge in [0.15, 0.2) is 0 Å². The van der Waals surface area contributed by atoms with E-state index in [-0.39, 0.29) is 5.92 Å². The lowest BCUT2D eigenvalue weighted by atomic mass is 9.53. The van der Waals surface area contributed by atoms with E-state index in [2.05, 4.69) is 19.9 Å². The lowest BCUT2D eigenvalue weighted by Crippen LogP contribution is -2.43. The number of nitriles is 1. The van der Waals surface area contributed by atoms with Crippen LogP contribution in [-0.2, 0) is 4.79 Å². The monoisotopic (exact) mass is 361 g/mol. The van der Waals surface area contributed by atoms with Crippen LogP contribution < -0.4 is 0 Å². The fourth-order valence-electron chi connectivity index (χ4n) is 6.08. The average molecular weight is 362 g/mol. The van der Waals surface area contributed by atoms with Gasteiger partial charge in [0, 0.05) is 12.3 Å². The van der Waals surface area contributed by atoms with Crippen molar-refractivity contribution in [3.05, 3.63) is 0 Å². The van der Waals surface area contributed by atoms with E-state index in [9.17, 15) is 10.1 Å². The second-order valence-electron chi connectivity index (χ2n) is 9.20. The number of carboxylic acids is 1. The molecule has 4 unspecified atom stereocenters. The van der Waals surface area contributed by atoms with Gasteiger partial charge < -0.3 is 5.11 Å². The highest BCUT2D eigenvalue weighted by molar-refractivity contribution is 5.66. The van der Waals surface area contributed by atoms with E-state index in [0.29, 0.717) is 29.6 Å². The minimum absolute atomic E-state index is 0.239. The Morgan fingerprint density at radius 2 is 1.96 bits per heavy atom. The average Bonchev–Trinajstić information content (AvgIpc) is 2.66. The summed E-state index contributed by atoms with van der Waals surface area (Å²) in [6, 6.07) is 2.59. The predicted octanol–water partition coefficient (Wildman–Crippen LogP) is 6.57. The third-order valence-corrected chi connectivity index (χ3v) is 7.53. The van der Waals surface area contributed by atoms with Gasteiger partial charge in [-0.05, 0) is 74.5 Å². The second-order valence-corrected chi connectivity index (χ2v) is 9.20. The molecule has 0 aromatic heterocycles. The largest absolute Gasteiger partial charge is 0.481 e. The smallest absolute Gasteiger partial charge is 0.303 e. The number of carboxylic acid groups (broad SMARTS) is 1. The first-order valence-corrected chi connectivity index (χ1v) is 11.1. The molecule has 0 amide bonds. The van der Waals surface area contributed by atoms with Crippen molar-refractivity contribution in [1.82, 2.24) is 0 Å². The Balaban J connectivity index is 2.15. The highest BCUT2D eigenvalue weighted by Gasteiger charge is 2.46. The molecule has 0 saturated heterocycles. The molecule has 2 rings (SSSR count). The van der Waals surface area contributed by atoms with Gasteiger partial charge in [-0.25, -0.2) is 0 Å². The first-order chi connectivity index (χ1) is 12.5. The molecule has 0 spiro atoms. The van der Waals surface area contributed by atoms with Crippen molar-refractivity contribution in [2.45, 2.75) is 104 Å². The van der Waals surface area contributed by atoms with E-state index >= 15 is 0 Å². The van der Waals surface area contributed by atoms with E-state index in [0.717, 1.165) is 25.7 Å². The summed E-state index contributed by atoms with van der Waals surface area (Å²) in [5, 5.41) is 18.5. The molecular formula is C23H39NO2. The maximum absolute atomic E-state index is 10.9. The van der Waals surface area contributed by atoms with Gasteiger partial charge in [0.25, 0.3) is 0 Å². The van der Waals surface area contributed by atoms with Crippen molar-refractivity contribution in [3.63, 3.8) is 0 Å². The molecule has 0 aromatic rings. The summed E-state index contributed by atoms with van der Waals surface area (Å²) >= 11 is 0. The fraction of sp³-hybridized carbons (Fsp3) is 0.913. The minimum Gasteiger partial charge on any atom is -0.481 e. The van der Waals surface area contributed by atoms with Crippen molar-refractivity contribution in [3.8, 4) is 6.07 Å². The number of carbonyl (C=O) groups is 1. The van der Waals surface area contributed by atoms with Crippen molar-refractivity contribution < 1.29 is 9.90 Å². The summed E-state index contributed by atoms with van der Waals surface area (Å²) in [6.07, 6.45) is 16.1. The Morgan fingerprint density at radius 3 is 2.58 bits per heavy atom. The van der Waals surface area contributed by atoms with E-state index in [1.807, 2.05) is 0 Å². The summed E-state index contributed by atoms with van der Waals surface area (Å²) in [5.74, 6) is 1.51. The van der Waals surface area contributed by atoms with Crippen molar-refractivity contribution in [2.24, 2.45) is 29.1 Å². The van der Waals surface area contributed by atoms with Gasteiger partial charge in [-0.1, -0.05) is 46.0 Å². The molecule has 0 heterocycles. The summed E-state index contributed by atoms with van der Waals surface area (Å²) in [5.41, 5.74) is 0.454. The molecule has 148 valence electrons. The maximum atomic E-state index is 10.9. The van der Waals surface area contributed by atoms with E-state index in [4.69, 9.17) is 5.11 Å². The Labute approximate surface area is 160 Å². The van der Waals surface area contributed by atoms with Crippen LogP contribution in [0.1, 0.15) is 104 Å². The number of aliphatic carboxylic acids is 1. The Bertz CT molecular complexity index is 475. The van der Waals surface area contributed by atoms with E-state index < -0.39 is 5.97 Å². The van der Waals surface area contributed by atoms with Crippen LogP contribution in [0.2, 0.25) is 0 Å². The summed E-state index contributed by atoms with van der Waals surface area (Å²) < 4.78 is 0. The molecule has 4 atom stereocenters. The molecule has 2 aliphatic carbocycles. The zero-order valence-corrected chi connectivity index (χ0v) is 17.0. The van der Waals surface area contributed by atoms with Gasteiger partial charge in [-0.2, -0.15) is 5.26 Å². The summed E-state index contributed by atoms with van der Waals surface area (Å²) in [7, 11) is 0. The first-order valence-electron chi connectivity index (χ1n) is 11.1. The molecule has 1 N–H and O–H groups in total. The Hall–Kier alpha value is -1.04. The second kappa shape index (κ2) is 10.3. The Kier molecular flexibility index (Phi) is 8.45. The van der Waals surface area contributed by atoms with Crippen LogP contribution in [0.3, 0.4) is 0 Å². The molecule has 0 radical (unpaired) electrons. The minimum atomic E-state index is -0.673. The summed E-state index contributed by atoms with van der Waals surface area (Å²) in [4.78, 5) is 10.9. The highest BCUT2D eigenvalue weighted by Crippen LogP contribution is 2.56. The molecule has 2 aliphatic rings. The van der Waals surface area contributed by atoms with Crippen LogP contribution >= 0.6 is 0 Å². The predicted molar refractivity (Wildman–Crippen MR) is 106 cm³/mol. The molecule has 3 heteroatoms. The van der Waals surface area contributed by atoms with Crippen molar-refractivity contribution in [2.75, 3.05) is 0 Å². The third-order valence-electron chi connectivity index (χ3n) is 7.53. The molecular weight excluding hydrogens is 322 g/mol. The van der Waals surface area contributed by atoms with Gasteiger partial charge >= 0.3 is 5.97 Å². The molecule has 26 heavy (non-hydrogen) atoms. The Morgan fingerprint density at radius 1 is 1.23 bits per heavy atom. The van der Waals surface area contributed by atoms with Crippen LogP contribution in [0.4, 0.5) is 0 Å². The lowest BCUT2D eigenvalue weighted by molar-refractivity contribution is -0.137. The molecule has 3 nitrogen and oxygen atoms in total. The standard InChI is InChI=1S/C23H39NO2/c1-3-4-13-23(14-6-5-7-15-23)21-16-19(17-24)11-12-20(21)18(2)9-8-10-22(25)26/h18-21H,3-16H2,1-2H3,(H,25,26). The zero-order valence-electron chi connectivity index (χ0n) is 17.0. The topological polar surface area (TPSA) is 61.1 Å². The normalized spacial score (nSPS) is 29.7. The number of nitrogens with zero attached hydrogens (tertiary/aromatic N) is 1. The van der Waals surface area contributed by atoms with Gasteiger partial charge in [-0.3, -0.25) is 4.79 Å². The number of hydrogen-bond acceptors (Lipinski definition) is 2. The first kappa shape index (κ1) is 21.3. The summed E-state index contributed by atoms with van der Waals surface area (Å²) in [6.45, 7) is 4.64. The van der Waals surface area contributed by atoms with Gasteiger partial charge in [0.2, 0.25) is 0 Å². The van der Waals surface area contributed by atoms with E-state index in [1.165, 1.54) is 57.8 Å². The van der Waals surface area contributed by atoms with Crippen LogP contribution in [0.5, 0.6) is 0 Å². The highest BCUT2D eigenvalue weighted by atomic mass is 16.4. The van der Waals surface area contributed by atoms with Crippen LogP contribution in [0.25, 0.3) is 0 Å². The molecule has 2 saturated carbocycles. The van der Waals surface area contributed by atoms with Gasteiger partial charge in [0.1, 0.15) is 0 Å². The SMILES string of the molecule is CCCCC1(C2CC(C#N)CCC2C(C)CCCC(=O)O)CCCCC1. The van der Waals surface area contributed by atoms with Crippen LogP contribution in [-0.4, -0.2) is 11.1 Å². The van der Waals surface area contributed by atoms with E-state index in [1.54, 1.807) is 0 Å². The van der Waals surface area contributed by atoms with Crippen LogP contribution in [0, 0.1) is 40.4 Å². The lowest BCUT2D eigenvalue weighted by Gasteiger charge is -2.51. The molecule has 0 bridgehead atoms. The number of rotatable bonds is 9. The van der Waals surface area contributed by atoms with Crippen LogP contribution in [0.15, 0.2) is 0 Å². The molecule has 0 aromatic carbocycles. The molecule has 2 fully saturated rings. The maximum Gasteiger partial charge on any atom is 0.303 e. The molecule has 0 aliphatic heterocycles. The third kappa shape index (κ3) is 5.48. The quantitative estimate of drug-likeness (QED) is 0.505. The van der Waals surface area contributed by atoms with Crippen molar-refractivity contribution in [1.29, 1.82) is 5.26 Å². The van der Waals surface area contributed by atoms with Gasteiger partial charge in [0.05, 0.1) is 6.07 Å². The number of hydrogen-bond donors (Lipinski definition) is 1.